The number of carbonyl (C=O) groups excluding carboxylic acids is 2. The van der Waals surface area contributed by atoms with Crippen molar-refractivity contribution in [2.45, 2.75) is 26.2 Å². The Hall–Kier alpha value is -2.33. The smallest absolute Gasteiger partial charge is 0.316 e. The lowest BCUT2D eigenvalue weighted by Gasteiger charge is -2.22. The number of nitrogens with one attached hydrogen (secondary N) is 1. The topological polar surface area (TPSA) is 55.4 Å². The van der Waals surface area contributed by atoms with Crippen LogP contribution in [0.2, 0.25) is 5.02 Å². The number of ether oxygens (including phenoxy) is 1. The lowest BCUT2D eigenvalue weighted by Crippen LogP contribution is -2.33. The molecule has 0 heterocycles. The first kappa shape index (κ1) is 18.0. The van der Waals surface area contributed by atoms with E-state index in [2.05, 4.69) is 5.32 Å². The van der Waals surface area contributed by atoms with Gasteiger partial charge in [-0.1, -0.05) is 41.9 Å². The molecule has 1 amide bonds. The van der Waals surface area contributed by atoms with Gasteiger partial charge < -0.3 is 10.1 Å². The van der Waals surface area contributed by atoms with Gasteiger partial charge in [0.15, 0.2) is 6.61 Å². The number of amides is 1. The average Bonchev–Trinajstić information content (AvgIpc) is 2.56. The van der Waals surface area contributed by atoms with Gasteiger partial charge in [0.25, 0.3) is 5.91 Å². The molecule has 0 saturated carbocycles. The average molecular weight is 346 g/mol. The summed E-state index contributed by atoms with van der Waals surface area (Å²) < 4.78 is 5.18. The van der Waals surface area contributed by atoms with E-state index in [0.29, 0.717) is 10.7 Å². The van der Waals surface area contributed by atoms with E-state index in [1.54, 1.807) is 32.0 Å². The highest BCUT2D eigenvalue weighted by atomic mass is 35.5. The summed E-state index contributed by atoms with van der Waals surface area (Å²) in [6.45, 7) is 5.04. The molecule has 0 radical (unpaired) electrons. The summed E-state index contributed by atoms with van der Waals surface area (Å²) in [7, 11) is 0. The van der Waals surface area contributed by atoms with Crippen LogP contribution in [0, 0.1) is 6.92 Å². The lowest BCUT2D eigenvalue weighted by molar-refractivity contribution is -0.152. The number of hydrogen-bond donors (Lipinski definition) is 1. The summed E-state index contributed by atoms with van der Waals surface area (Å²) in [6, 6.07) is 14.5. The molecule has 0 fully saturated rings. The van der Waals surface area contributed by atoms with Gasteiger partial charge in [0.1, 0.15) is 0 Å². The van der Waals surface area contributed by atoms with Crippen molar-refractivity contribution in [3.05, 3.63) is 64.7 Å². The lowest BCUT2D eigenvalue weighted by atomic mass is 9.85. The van der Waals surface area contributed by atoms with E-state index >= 15 is 0 Å². The molecule has 5 heteroatoms. The minimum Gasteiger partial charge on any atom is -0.455 e. The molecule has 0 aliphatic rings. The molecule has 2 rings (SSSR count). The number of hydrogen-bond acceptors (Lipinski definition) is 3. The molecule has 0 atom stereocenters. The molecule has 0 unspecified atom stereocenters. The van der Waals surface area contributed by atoms with Crippen LogP contribution in [0.5, 0.6) is 0 Å². The Balaban J connectivity index is 1.95. The summed E-state index contributed by atoms with van der Waals surface area (Å²) in [4.78, 5) is 24.3. The Kier molecular flexibility index (Phi) is 5.62. The molecular formula is C19H20ClNO3. The number of benzene rings is 2. The predicted molar refractivity (Wildman–Crippen MR) is 95.2 cm³/mol. The van der Waals surface area contributed by atoms with Crippen molar-refractivity contribution in [3.63, 3.8) is 0 Å². The van der Waals surface area contributed by atoms with Crippen molar-refractivity contribution in [3.8, 4) is 0 Å². The largest absolute Gasteiger partial charge is 0.455 e. The highest BCUT2D eigenvalue weighted by Gasteiger charge is 2.31. The van der Waals surface area contributed by atoms with E-state index in [1.807, 2.05) is 37.3 Å². The summed E-state index contributed by atoms with van der Waals surface area (Å²) in [5.41, 5.74) is 1.50. The van der Waals surface area contributed by atoms with Crippen LogP contribution in [0.4, 0.5) is 5.69 Å². The number of rotatable bonds is 5. The number of halogens is 1. The second-order valence-electron chi connectivity index (χ2n) is 6.07. The van der Waals surface area contributed by atoms with Crippen LogP contribution >= 0.6 is 11.6 Å². The van der Waals surface area contributed by atoms with Crippen molar-refractivity contribution in [2.75, 3.05) is 11.9 Å². The Bertz CT molecular complexity index is 742. The maximum atomic E-state index is 12.3. The minimum atomic E-state index is -0.822. The van der Waals surface area contributed by atoms with Crippen LogP contribution in [0.15, 0.2) is 48.5 Å². The molecular weight excluding hydrogens is 326 g/mol. The molecule has 4 nitrogen and oxygen atoms in total. The molecule has 24 heavy (non-hydrogen) atoms. The van der Waals surface area contributed by atoms with Crippen LogP contribution in [0.25, 0.3) is 0 Å². The van der Waals surface area contributed by atoms with E-state index < -0.39 is 17.3 Å². The van der Waals surface area contributed by atoms with Crippen LogP contribution in [0.1, 0.15) is 25.0 Å². The fraction of sp³-hybridized carbons (Fsp3) is 0.263. The van der Waals surface area contributed by atoms with Gasteiger partial charge in [0, 0.05) is 10.7 Å². The van der Waals surface area contributed by atoms with Crippen molar-refractivity contribution in [1.82, 2.24) is 0 Å². The zero-order valence-electron chi connectivity index (χ0n) is 13.9. The minimum absolute atomic E-state index is 0.336. The third-order valence-corrected chi connectivity index (χ3v) is 4.04. The molecule has 2 aromatic rings. The SMILES string of the molecule is Cc1cc(Cl)ccc1NC(=O)COC(=O)C(C)(C)c1ccccc1. The molecule has 0 aliphatic carbocycles. The first-order valence-corrected chi connectivity index (χ1v) is 7.97. The third-order valence-electron chi connectivity index (χ3n) is 3.80. The summed E-state index contributed by atoms with van der Waals surface area (Å²) in [5, 5.41) is 3.31. The van der Waals surface area contributed by atoms with Crippen LogP contribution in [0.3, 0.4) is 0 Å². The zero-order valence-corrected chi connectivity index (χ0v) is 14.7. The molecule has 0 aromatic heterocycles. The van der Waals surface area contributed by atoms with Crippen molar-refractivity contribution >= 4 is 29.2 Å². The Morgan fingerprint density at radius 3 is 2.42 bits per heavy atom. The van der Waals surface area contributed by atoms with Gasteiger partial charge in [-0.05, 0) is 50.1 Å². The van der Waals surface area contributed by atoms with Gasteiger partial charge in [0.05, 0.1) is 5.41 Å². The summed E-state index contributed by atoms with van der Waals surface area (Å²) >= 11 is 5.88. The second-order valence-corrected chi connectivity index (χ2v) is 6.51. The van der Waals surface area contributed by atoms with Crippen molar-refractivity contribution < 1.29 is 14.3 Å². The van der Waals surface area contributed by atoms with Gasteiger partial charge >= 0.3 is 5.97 Å². The maximum absolute atomic E-state index is 12.3. The first-order chi connectivity index (χ1) is 11.3. The molecule has 1 N–H and O–H groups in total. The highest BCUT2D eigenvalue weighted by Crippen LogP contribution is 2.24. The van der Waals surface area contributed by atoms with Gasteiger partial charge in [-0.25, -0.2) is 0 Å². The van der Waals surface area contributed by atoms with E-state index in [-0.39, 0.29) is 6.61 Å². The standard InChI is InChI=1S/C19H20ClNO3/c1-13-11-15(20)9-10-16(13)21-17(22)12-24-18(23)19(2,3)14-7-5-4-6-8-14/h4-11H,12H2,1-3H3,(H,21,22). The summed E-state index contributed by atoms with van der Waals surface area (Å²) in [5.74, 6) is -0.839. The zero-order chi connectivity index (χ0) is 17.7. The fourth-order valence-electron chi connectivity index (χ4n) is 2.24. The van der Waals surface area contributed by atoms with Crippen LogP contribution in [-0.2, 0) is 19.7 Å². The molecule has 0 aliphatic heterocycles. The normalized spacial score (nSPS) is 11.0. The van der Waals surface area contributed by atoms with Crippen LogP contribution < -0.4 is 5.32 Å². The molecule has 0 saturated heterocycles. The number of anilines is 1. The molecule has 0 spiro atoms. The van der Waals surface area contributed by atoms with Gasteiger partial charge in [-0.3, -0.25) is 9.59 Å². The van der Waals surface area contributed by atoms with Gasteiger partial charge in [-0.15, -0.1) is 0 Å². The molecule has 126 valence electrons. The number of carbonyl (C=O) groups is 2. The predicted octanol–water partition coefficient (Wildman–Crippen LogP) is 4.11. The van der Waals surface area contributed by atoms with Crippen LogP contribution in [-0.4, -0.2) is 18.5 Å². The quantitative estimate of drug-likeness (QED) is 0.830. The maximum Gasteiger partial charge on any atom is 0.316 e. The highest BCUT2D eigenvalue weighted by molar-refractivity contribution is 6.30. The second kappa shape index (κ2) is 7.49. The Morgan fingerprint density at radius 2 is 1.79 bits per heavy atom. The van der Waals surface area contributed by atoms with Crippen molar-refractivity contribution in [2.24, 2.45) is 0 Å². The van der Waals surface area contributed by atoms with E-state index in [1.165, 1.54) is 0 Å². The monoisotopic (exact) mass is 345 g/mol. The first-order valence-electron chi connectivity index (χ1n) is 7.59. The fourth-order valence-corrected chi connectivity index (χ4v) is 2.46. The van der Waals surface area contributed by atoms with Crippen molar-refractivity contribution in [1.29, 1.82) is 0 Å². The number of esters is 1. The molecule has 2 aromatic carbocycles. The Morgan fingerprint density at radius 1 is 1.12 bits per heavy atom. The van der Waals surface area contributed by atoms with E-state index in [4.69, 9.17) is 16.3 Å². The van der Waals surface area contributed by atoms with Gasteiger partial charge in [-0.2, -0.15) is 0 Å². The van der Waals surface area contributed by atoms with E-state index in [0.717, 1.165) is 11.1 Å². The Labute approximate surface area is 146 Å². The van der Waals surface area contributed by atoms with E-state index in [9.17, 15) is 9.59 Å². The third kappa shape index (κ3) is 4.36. The number of aryl methyl sites for hydroxylation is 1. The summed E-state index contributed by atoms with van der Waals surface area (Å²) in [6.07, 6.45) is 0. The molecule has 0 bridgehead atoms. The van der Waals surface area contributed by atoms with Gasteiger partial charge in [0.2, 0.25) is 0 Å².